The van der Waals surface area contributed by atoms with Crippen LogP contribution in [0.2, 0.25) is 0 Å². The van der Waals surface area contributed by atoms with Crippen LogP contribution in [-0.4, -0.2) is 17.3 Å². The normalized spacial score (nSPS) is 21.0. The van der Waals surface area contributed by atoms with E-state index in [0.717, 1.165) is 23.1 Å². The van der Waals surface area contributed by atoms with Gasteiger partial charge in [-0.05, 0) is 59.6 Å². The fraction of sp³-hybridized carbons (Fsp3) is 0.400. The third-order valence-corrected chi connectivity index (χ3v) is 6.08. The van der Waals surface area contributed by atoms with Crippen molar-refractivity contribution in [3.63, 3.8) is 0 Å². The Morgan fingerprint density at radius 2 is 1.74 bits per heavy atom. The van der Waals surface area contributed by atoms with Gasteiger partial charge in [0.25, 0.3) is 5.91 Å². The van der Waals surface area contributed by atoms with Crippen molar-refractivity contribution in [1.29, 1.82) is 0 Å². The number of ether oxygens (including phenoxy) is 2. The zero-order valence-corrected chi connectivity index (χ0v) is 17.4. The van der Waals surface area contributed by atoms with Gasteiger partial charge >= 0.3 is 0 Å². The fourth-order valence-corrected chi connectivity index (χ4v) is 3.94. The second-order valence-corrected chi connectivity index (χ2v) is 8.26. The molecular formula is C25H28FNO4. The summed E-state index contributed by atoms with van der Waals surface area (Å²) in [6.45, 7) is 0.687. The second-order valence-electron chi connectivity index (χ2n) is 8.26. The van der Waals surface area contributed by atoms with E-state index in [1.54, 1.807) is 12.1 Å². The van der Waals surface area contributed by atoms with Gasteiger partial charge in [0.15, 0.2) is 5.76 Å². The number of allylic oxidation sites excluding steroid dienone is 1. The zero-order valence-electron chi connectivity index (χ0n) is 17.4. The van der Waals surface area contributed by atoms with Gasteiger partial charge in [0.2, 0.25) is 6.29 Å². The number of hydrogen-bond acceptors (Lipinski definition) is 4. The molecule has 1 fully saturated rings. The quantitative estimate of drug-likeness (QED) is 0.665. The van der Waals surface area contributed by atoms with Crippen LogP contribution < -0.4 is 5.32 Å². The van der Waals surface area contributed by atoms with E-state index in [1.807, 2.05) is 30.3 Å². The highest BCUT2D eigenvalue weighted by Crippen LogP contribution is 2.40. The van der Waals surface area contributed by atoms with Gasteiger partial charge in [-0.1, -0.05) is 42.8 Å². The number of carbonyl (C=O) groups excluding carboxylic acids is 1. The van der Waals surface area contributed by atoms with E-state index in [-0.39, 0.29) is 24.2 Å². The van der Waals surface area contributed by atoms with E-state index in [1.165, 1.54) is 31.4 Å². The van der Waals surface area contributed by atoms with E-state index in [0.29, 0.717) is 24.8 Å². The maximum Gasteiger partial charge on any atom is 0.286 e. The summed E-state index contributed by atoms with van der Waals surface area (Å²) in [6, 6.07) is 13.6. The summed E-state index contributed by atoms with van der Waals surface area (Å²) in [6.07, 6.45) is 5.75. The minimum absolute atomic E-state index is 0.0110. The Labute approximate surface area is 181 Å². The molecule has 1 amide bonds. The molecule has 164 valence electrons. The Kier molecular flexibility index (Phi) is 6.99. The summed E-state index contributed by atoms with van der Waals surface area (Å²) in [5.41, 5.74) is 2.66. The highest BCUT2D eigenvalue weighted by atomic mass is 19.1. The maximum atomic E-state index is 13.1. The minimum atomic E-state index is -0.486. The molecule has 0 spiro atoms. The van der Waals surface area contributed by atoms with Crippen LogP contribution in [0.5, 0.6) is 0 Å². The lowest BCUT2D eigenvalue weighted by Gasteiger charge is -2.37. The van der Waals surface area contributed by atoms with Gasteiger partial charge < -0.3 is 19.9 Å². The maximum absolute atomic E-state index is 13.1. The van der Waals surface area contributed by atoms with Crippen molar-refractivity contribution in [2.75, 3.05) is 0 Å². The number of hydrogen-bond donors (Lipinski definition) is 2. The first-order chi connectivity index (χ1) is 15.1. The molecule has 1 heterocycles. The van der Waals surface area contributed by atoms with Crippen molar-refractivity contribution >= 4 is 5.91 Å². The Bertz CT molecular complexity index is 906. The van der Waals surface area contributed by atoms with E-state index in [4.69, 9.17) is 9.47 Å². The molecule has 2 aliphatic rings. The van der Waals surface area contributed by atoms with Gasteiger partial charge in [-0.3, -0.25) is 4.79 Å². The van der Waals surface area contributed by atoms with Crippen LogP contribution in [0.25, 0.3) is 0 Å². The van der Waals surface area contributed by atoms with Crippen LogP contribution in [0.1, 0.15) is 42.4 Å². The Morgan fingerprint density at radius 1 is 1.06 bits per heavy atom. The molecule has 0 saturated heterocycles. The van der Waals surface area contributed by atoms with Gasteiger partial charge in [-0.2, -0.15) is 0 Å². The van der Waals surface area contributed by atoms with E-state index >= 15 is 0 Å². The minimum Gasteiger partial charge on any atom is -0.459 e. The highest BCUT2D eigenvalue weighted by Gasteiger charge is 2.34. The van der Waals surface area contributed by atoms with Crippen molar-refractivity contribution in [1.82, 2.24) is 5.32 Å². The number of aliphatic hydroxyl groups excluding tert-OH is 1. The van der Waals surface area contributed by atoms with E-state index in [9.17, 15) is 14.3 Å². The monoisotopic (exact) mass is 425 g/mol. The number of amides is 1. The summed E-state index contributed by atoms with van der Waals surface area (Å²) >= 11 is 0. The highest BCUT2D eigenvalue weighted by molar-refractivity contribution is 5.91. The Hall–Kier alpha value is -2.70. The summed E-state index contributed by atoms with van der Waals surface area (Å²) in [5, 5.41) is 12.0. The van der Waals surface area contributed by atoms with Crippen LogP contribution in [-0.2, 0) is 34.0 Å². The van der Waals surface area contributed by atoms with Gasteiger partial charge in [0, 0.05) is 13.0 Å². The third kappa shape index (κ3) is 5.71. The molecule has 0 unspecified atom stereocenters. The van der Waals surface area contributed by atoms with Gasteiger partial charge in [0.1, 0.15) is 5.82 Å². The predicted octanol–water partition coefficient (Wildman–Crippen LogP) is 4.20. The van der Waals surface area contributed by atoms with Crippen molar-refractivity contribution in [2.45, 2.75) is 51.7 Å². The Balaban J connectivity index is 1.37. The molecule has 31 heavy (non-hydrogen) atoms. The van der Waals surface area contributed by atoms with Gasteiger partial charge in [-0.25, -0.2) is 4.39 Å². The lowest BCUT2D eigenvalue weighted by Crippen LogP contribution is -2.36. The zero-order chi connectivity index (χ0) is 21.6. The number of halogens is 1. The predicted molar refractivity (Wildman–Crippen MR) is 114 cm³/mol. The van der Waals surface area contributed by atoms with Crippen molar-refractivity contribution in [2.24, 2.45) is 11.8 Å². The van der Waals surface area contributed by atoms with Gasteiger partial charge in [0.05, 0.1) is 13.2 Å². The molecule has 2 atom stereocenters. The summed E-state index contributed by atoms with van der Waals surface area (Å²) < 4.78 is 25.0. The topological polar surface area (TPSA) is 67.8 Å². The lowest BCUT2D eigenvalue weighted by molar-refractivity contribution is -0.156. The standard InChI is InChI=1S/C25H28FNO4/c26-22-10-8-17(9-11-22)14-27-25(29)23-12-21(20-2-1-3-20)13-24(31-23)30-16-19-6-4-18(15-28)5-7-19/h4-12,20-21,24,28H,1-3,13-16H2,(H,27,29)/t21-,24+/m1/s1. The molecule has 6 heteroatoms. The number of carbonyl (C=O) groups is 1. The van der Waals surface area contributed by atoms with Crippen molar-refractivity contribution in [3.8, 4) is 0 Å². The molecular weight excluding hydrogens is 397 g/mol. The van der Waals surface area contributed by atoms with Crippen LogP contribution in [0.3, 0.4) is 0 Å². The molecule has 2 aromatic carbocycles. The SMILES string of the molecule is O=C(NCc1ccc(F)cc1)C1=C[C@@H](C2CCC2)C[C@@H](OCc2ccc(CO)cc2)O1. The largest absolute Gasteiger partial charge is 0.459 e. The lowest BCUT2D eigenvalue weighted by atomic mass is 9.73. The van der Waals surface area contributed by atoms with Crippen molar-refractivity contribution in [3.05, 3.63) is 82.9 Å². The first-order valence-electron chi connectivity index (χ1n) is 10.8. The first kappa shape index (κ1) is 21.5. The molecule has 0 bridgehead atoms. The molecule has 1 aliphatic carbocycles. The van der Waals surface area contributed by atoms with Crippen LogP contribution >= 0.6 is 0 Å². The molecule has 2 aromatic rings. The molecule has 2 N–H and O–H groups in total. The molecule has 0 radical (unpaired) electrons. The average Bonchev–Trinajstić information content (AvgIpc) is 2.76. The average molecular weight is 426 g/mol. The summed E-state index contributed by atoms with van der Waals surface area (Å²) in [7, 11) is 0. The third-order valence-electron chi connectivity index (χ3n) is 6.08. The smallest absolute Gasteiger partial charge is 0.286 e. The van der Waals surface area contributed by atoms with Crippen molar-refractivity contribution < 1.29 is 23.8 Å². The van der Waals surface area contributed by atoms with E-state index in [2.05, 4.69) is 5.32 Å². The molecule has 5 nitrogen and oxygen atoms in total. The molecule has 1 aliphatic heterocycles. The number of aliphatic hydroxyl groups is 1. The molecule has 4 rings (SSSR count). The molecule has 1 saturated carbocycles. The van der Waals surface area contributed by atoms with E-state index < -0.39 is 6.29 Å². The first-order valence-corrected chi connectivity index (χ1v) is 10.8. The second kappa shape index (κ2) is 10.1. The number of benzene rings is 2. The molecule has 0 aromatic heterocycles. The number of rotatable bonds is 8. The van der Waals surface area contributed by atoms with Gasteiger partial charge in [-0.15, -0.1) is 0 Å². The summed E-state index contributed by atoms with van der Waals surface area (Å²) in [4.78, 5) is 12.7. The van der Waals surface area contributed by atoms with Crippen LogP contribution in [0.4, 0.5) is 4.39 Å². The fourth-order valence-electron chi connectivity index (χ4n) is 3.94. The van der Waals surface area contributed by atoms with Crippen LogP contribution in [0.15, 0.2) is 60.4 Å². The Morgan fingerprint density at radius 3 is 2.39 bits per heavy atom. The van der Waals surface area contributed by atoms with Crippen LogP contribution in [0, 0.1) is 17.7 Å². The number of nitrogens with one attached hydrogen (secondary N) is 1. The summed E-state index contributed by atoms with van der Waals surface area (Å²) in [5.74, 6) is 0.539.